The smallest absolute Gasteiger partial charge is 0.228 e. The number of aryl methyl sites for hydroxylation is 1. The Bertz CT molecular complexity index is 1250. The fourth-order valence-corrected chi connectivity index (χ4v) is 8.05. The highest BCUT2D eigenvalue weighted by molar-refractivity contribution is 5.48. The van der Waals surface area contributed by atoms with Gasteiger partial charge in [0.2, 0.25) is 6.29 Å². The molecule has 2 aliphatic carbocycles. The first-order chi connectivity index (χ1) is 19.8. The van der Waals surface area contributed by atoms with Crippen LogP contribution in [0, 0.1) is 12.8 Å². The van der Waals surface area contributed by atoms with Crippen LogP contribution in [0.1, 0.15) is 48.8 Å². The molecule has 1 saturated carbocycles. The lowest BCUT2D eigenvalue weighted by atomic mass is 9.52. The first-order valence-electron chi connectivity index (χ1n) is 15.4. The van der Waals surface area contributed by atoms with E-state index in [1.54, 1.807) is 0 Å². The van der Waals surface area contributed by atoms with Crippen LogP contribution in [0.2, 0.25) is 0 Å². The minimum Gasteiger partial charge on any atom is -0.462 e. The average Bonchev–Trinajstić information content (AvgIpc) is 3.71. The van der Waals surface area contributed by atoms with Crippen molar-refractivity contribution in [2.24, 2.45) is 5.92 Å². The zero-order chi connectivity index (χ0) is 28.4. The van der Waals surface area contributed by atoms with Crippen LogP contribution in [0.4, 0.5) is 0 Å². The van der Waals surface area contributed by atoms with Gasteiger partial charge in [-0.1, -0.05) is 6.07 Å². The SMILES string of the molecule is Cc1cnn(CCN2CC[C@]34CCN(CC5CC5)[C@H](Cc5ccc(OC6OCC(O)C(O)C6O)cc53)[C@]4(O)CC2)c1. The molecule has 3 aliphatic heterocycles. The molecule has 5 aliphatic rings. The molecule has 4 unspecified atom stereocenters. The predicted molar refractivity (Wildman–Crippen MR) is 151 cm³/mol. The molecule has 3 saturated heterocycles. The number of rotatable bonds is 7. The molecular weight excluding hydrogens is 524 g/mol. The van der Waals surface area contributed by atoms with E-state index in [-0.39, 0.29) is 12.6 Å². The van der Waals surface area contributed by atoms with Crippen LogP contribution in [0.25, 0.3) is 0 Å². The zero-order valence-corrected chi connectivity index (χ0v) is 23.9. The fraction of sp³-hybridized carbons (Fsp3) is 0.710. The molecule has 0 amide bonds. The molecule has 4 fully saturated rings. The molecule has 0 spiro atoms. The van der Waals surface area contributed by atoms with E-state index in [0.29, 0.717) is 5.75 Å². The number of likely N-dealkylation sites (tertiary alicyclic amines) is 2. The van der Waals surface area contributed by atoms with Gasteiger partial charge < -0.3 is 34.8 Å². The van der Waals surface area contributed by atoms with Crippen LogP contribution in [0.3, 0.4) is 0 Å². The van der Waals surface area contributed by atoms with Crippen LogP contribution >= 0.6 is 0 Å². The van der Waals surface area contributed by atoms with E-state index in [1.807, 2.05) is 23.0 Å². The Balaban J connectivity index is 1.18. The topological polar surface area (TPSA) is 124 Å². The second-order valence-electron chi connectivity index (χ2n) is 13.2. The summed E-state index contributed by atoms with van der Waals surface area (Å²) in [7, 11) is 0. The summed E-state index contributed by atoms with van der Waals surface area (Å²) in [6, 6.07) is 6.15. The minimum atomic E-state index is -1.36. The maximum absolute atomic E-state index is 12.9. The van der Waals surface area contributed by atoms with Gasteiger partial charge in [-0.25, -0.2) is 0 Å². The highest BCUT2D eigenvalue weighted by Crippen LogP contribution is 2.57. The number of piperidine rings is 1. The highest BCUT2D eigenvalue weighted by atomic mass is 16.7. The number of aromatic nitrogens is 2. The first kappa shape index (κ1) is 27.8. The van der Waals surface area contributed by atoms with Gasteiger partial charge in [0.15, 0.2) is 0 Å². The van der Waals surface area contributed by atoms with E-state index in [1.165, 1.54) is 18.4 Å². The molecule has 7 rings (SSSR count). The maximum Gasteiger partial charge on any atom is 0.228 e. The van der Waals surface area contributed by atoms with Gasteiger partial charge in [-0.15, -0.1) is 0 Å². The normalized spacial score (nSPS) is 37.7. The highest BCUT2D eigenvalue weighted by Gasteiger charge is 2.63. The molecule has 4 N–H and O–H groups in total. The van der Waals surface area contributed by atoms with E-state index in [9.17, 15) is 20.4 Å². The first-order valence-corrected chi connectivity index (χ1v) is 15.4. The Morgan fingerprint density at radius 2 is 1.85 bits per heavy atom. The standard InChI is InChI=1S/C31H44N4O6/c1-20-16-32-35(17-20)13-12-33-9-6-30-7-11-34(18-21-2-3-21)26(31(30,39)8-10-33)14-22-4-5-23(15-24(22)30)41-29-28(38)27(37)25(36)19-40-29/h4-5,15-17,21,25-29,36-39H,2-3,6-14,18-19H2,1H3/t25?,26-,27?,28?,29?,30+,31-/m1/s1. The van der Waals surface area contributed by atoms with Crippen molar-refractivity contribution in [3.8, 4) is 5.75 Å². The summed E-state index contributed by atoms with van der Waals surface area (Å²) in [4.78, 5) is 5.08. The molecule has 41 heavy (non-hydrogen) atoms. The van der Waals surface area contributed by atoms with Gasteiger partial charge in [-0.05, 0) is 93.3 Å². The third-order valence-corrected chi connectivity index (χ3v) is 10.6. The Kier molecular flexibility index (Phi) is 7.17. The van der Waals surface area contributed by atoms with Gasteiger partial charge in [0.25, 0.3) is 0 Å². The van der Waals surface area contributed by atoms with Crippen LogP contribution in [0.15, 0.2) is 30.6 Å². The van der Waals surface area contributed by atoms with Crippen LogP contribution < -0.4 is 4.74 Å². The van der Waals surface area contributed by atoms with E-state index in [4.69, 9.17) is 9.47 Å². The third-order valence-electron chi connectivity index (χ3n) is 10.6. The summed E-state index contributed by atoms with van der Waals surface area (Å²) >= 11 is 0. The summed E-state index contributed by atoms with van der Waals surface area (Å²) in [5.74, 6) is 1.31. The molecule has 2 bridgehead atoms. The molecular formula is C31H44N4O6. The molecule has 4 heterocycles. The quantitative estimate of drug-likeness (QED) is 0.384. The summed E-state index contributed by atoms with van der Waals surface area (Å²) in [6.45, 7) is 7.48. The molecule has 224 valence electrons. The number of hydrogen-bond donors (Lipinski definition) is 4. The zero-order valence-electron chi connectivity index (χ0n) is 23.9. The van der Waals surface area contributed by atoms with Gasteiger partial charge in [0.1, 0.15) is 24.1 Å². The van der Waals surface area contributed by atoms with Crippen molar-refractivity contribution in [3.05, 3.63) is 47.3 Å². The fourth-order valence-electron chi connectivity index (χ4n) is 8.05. The molecule has 2 aromatic rings. The average molecular weight is 569 g/mol. The molecule has 10 nitrogen and oxygen atoms in total. The van der Waals surface area contributed by atoms with Crippen molar-refractivity contribution in [1.29, 1.82) is 0 Å². The van der Waals surface area contributed by atoms with E-state index >= 15 is 0 Å². The van der Waals surface area contributed by atoms with Crippen molar-refractivity contribution >= 4 is 0 Å². The largest absolute Gasteiger partial charge is 0.462 e. The molecule has 0 radical (unpaired) electrons. The lowest BCUT2D eigenvalue weighted by Gasteiger charge is -2.61. The number of ether oxygens (including phenoxy) is 2. The van der Waals surface area contributed by atoms with E-state index in [2.05, 4.69) is 34.1 Å². The van der Waals surface area contributed by atoms with Gasteiger partial charge >= 0.3 is 0 Å². The lowest BCUT2D eigenvalue weighted by Crippen LogP contribution is -2.71. The number of fused-ring (bicyclic) bond motifs is 1. The predicted octanol–water partition coefficient (Wildman–Crippen LogP) is 0.815. The summed E-state index contributed by atoms with van der Waals surface area (Å²) in [6.07, 6.45) is 4.94. The lowest BCUT2D eigenvalue weighted by molar-refractivity contribution is -0.242. The van der Waals surface area contributed by atoms with Crippen LogP contribution in [-0.2, 0) is 23.1 Å². The Morgan fingerprint density at radius 1 is 1.05 bits per heavy atom. The number of benzene rings is 1. The second kappa shape index (κ2) is 10.6. The van der Waals surface area contributed by atoms with Crippen molar-refractivity contribution in [1.82, 2.24) is 19.6 Å². The van der Waals surface area contributed by atoms with Crippen molar-refractivity contribution in [2.45, 2.75) is 93.7 Å². The summed E-state index contributed by atoms with van der Waals surface area (Å²) < 4.78 is 13.6. The maximum atomic E-state index is 12.9. The number of aliphatic hydroxyl groups excluding tert-OH is 3. The van der Waals surface area contributed by atoms with Gasteiger partial charge in [-0.2, -0.15) is 5.10 Å². The molecule has 7 atom stereocenters. The third kappa shape index (κ3) is 4.91. The summed E-state index contributed by atoms with van der Waals surface area (Å²) in [5, 5.41) is 47.8. The van der Waals surface area contributed by atoms with Crippen molar-refractivity contribution < 1.29 is 29.9 Å². The molecule has 1 aromatic carbocycles. The number of hydrogen-bond acceptors (Lipinski definition) is 9. The van der Waals surface area contributed by atoms with Crippen molar-refractivity contribution in [3.63, 3.8) is 0 Å². The molecule has 1 aromatic heterocycles. The summed E-state index contributed by atoms with van der Waals surface area (Å²) in [5.41, 5.74) is 2.31. The Hall–Kier alpha value is -2.05. The number of aliphatic hydroxyl groups is 4. The monoisotopic (exact) mass is 568 g/mol. The van der Waals surface area contributed by atoms with Crippen LogP contribution in [0.5, 0.6) is 5.75 Å². The van der Waals surface area contributed by atoms with E-state index < -0.39 is 35.6 Å². The minimum absolute atomic E-state index is 0.0879. The Labute approximate surface area is 241 Å². The second-order valence-corrected chi connectivity index (χ2v) is 13.2. The number of nitrogens with zero attached hydrogens (tertiary/aromatic N) is 4. The van der Waals surface area contributed by atoms with E-state index in [0.717, 1.165) is 82.0 Å². The Morgan fingerprint density at radius 3 is 2.63 bits per heavy atom. The van der Waals surface area contributed by atoms with Gasteiger partial charge in [0, 0.05) is 37.3 Å². The van der Waals surface area contributed by atoms with Gasteiger partial charge in [-0.3, -0.25) is 9.58 Å². The van der Waals surface area contributed by atoms with Crippen LogP contribution in [-0.4, -0.2) is 116 Å². The van der Waals surface area contributed by atoms with Gasteiger partial charge in [0.05, 0.1) is 24.9 Å². The van der Waals surface area contributed by atoms with Crippen molar-refractivity contribution in [2.75, 3.05) is 39.3 Å². The molecule has 10 heteroatoms.